The molecule has 1 fully saturated rings. The average molecular weight is 170 g/mol. The van der Waals surface area contributed by atoms with Crippen molar-refractivity contribution in [2.75, 3.05) is 0 Å². The second kappa shape index (κ2) is 1.70. The molecule has 2 N–H and O–H groups in total. The average Bonchev–Trinajstić information content (AvgIpc) is 2.56. The lowest BCUT2D eigenvalue weighted by molar-refractivity contribution is -0.139. The zero-order valence-electron chi connectivity index (χ0n) is 5.52. The summed E-state index contributed by atoms with van der Waals surface area (Å²) in [5.41, 5.74) is 0. The Balaban J connectivity index is 2.41. The molecule has 0 saturated carbocycles. The van der Waals surface area contributed by atoms with Crippen LogP contribution < -0.4 is 0 Å². The van der Waals surface area contributed by atoms with E-state index in [9.17, 15) is 9.90 Å². The standard InChI is InChI=1S/C7H6O3S/c8-5(9)6-3-1-2-4-7(6,10)11-6/h1-4,10H,(H,8,9). The molecular weight excluding hydrogens is 164 g/mol. The predicted molar refractivity (Wildman–Crippen MR) is 41.2 cm³/mol. The summed E-state index contributed by atoms with van der Waals surface area (Å²) in [7, 11) is 0. The number of rotatable bonds is 1. The number of fused-ring (bicyclic) bond motifs is 1. The third-order valence-electron chi connectivity index (χ3n) is 1.89. The minimum atomic E-state index is -1.19. The van der Waals surface area contributed by atoms with Crippen molar-refractivity contribution in [3.05, 3.63) is 24.3 Å². The van der Waals surface area contributed by atoms with Crippen LogP contribution in [0.1, 0.15) is 0 Å². The first-order chi connectivity index (χ1) is 5.11. The molecule has 2 rings (SSSR count). The first-order valence-corrected chi connectivity index (χ1v) is 3.95. The van der Waals surface area contributed by atoms with Crippen LogP contribution >= 0.6 is 11.8 Å². The molecule has 1 heterocycles. The fourth-order valence-electron chi connectivity index (χ4n) is 1.18. The molecule has 0 amide bonds. The van der Waals surface area contributed by atoms with Crippen LogP contribution in [-0.2, 0) is 4.79 Å². The highest BCUT2D eigenvalue weighted by molar-refractivity contribution is 8.10. The van der Waals surface area contributed by atoms with Gasteiger partial charge in [0, 0.05) is 0 Å². The normalized spacial score (nSPS) is 45.2. The van der Waals surface area contributed by atoms with Gasteiger partial charge in [0.1, 0.15) is 0 Å². The van der Waals surface area contributed by atoms with E-state index in [-0.39, 0.29) is 0 Å². The third-order valence-corrected chi connectivity index (χ3v) is 3.40. The molecule has 1 saturated heterocycles. The number of hydrogen-bond acceptors (Lipinski definition) is 3. The number of thioether (sulfide) groups is 1. The lowest BCUT2D eigenvalue weighted by Crippen LogP contribution is -2.31. The van der Waals surface area contributed by atoms with Crippen LogP contribution in [0.15, 0.2) is 24.3 Å². The summed E-state index contributed by atoms with van der Waals surface area (Å²) >= 11 is 1.04. The van der Waals surface area contributed by atoms with Crippen molar-refractivity contribution in [2.45, 2.75) is 9.68 Å². The lowest BCUT2D eigenvalue weighted by Gasteiger charge is -2.09. The topological polar surface area (TPSA) is 57.5 Å². The Bertz CT molecular complexity index is 283. The van der Waals surface area contributed by atoms with Gasteiger partial charge in [0.05, 0.1) is 0 Å². The van der Waals surface area contributed by atoms with Crippen molar-refractivity contribution in [3.8, 4) is 0 Å². The molecule has 0 bridgehead atoms. The highest BCUT2D eigenvalue weighted by Gasteiger charge is 2.72. The number of carbonyl (C=O) groups is 1. The van der Waals surface area contributed by atoms with Gasteiger partial charge in [-0.2, -0.15) is 0 Å². The molecule has 4 heteroatoms. The maximum atomic E-state index is 10.7. The minimum absolute atomic E-state index is 0.981. The lowest BCUT2D eigenvalue weighted by atomic mass is 9.98. The smallest absolute Gasteiger partial charge is 0.328 e. The quantitative estimate of drug-likeness (QED) is 0.558. The van der Waals surface area contributed by atoms with E-state index in [1.807, 2.05) is 0 Å². The van der Waals surface area contributed by atoms with Gasteiger partial charge in [-0.3, -0.25) is 4.79 Å². The Hall–Kier alpha value is -0.740. The van der Waals surface area contributed by atoms with Crippen LogP contribution in [0, 0.1) is 0 Å². The van der Waals surface area contributed by atoms with Crippen LogP contribution in [0.3, 0.4) is 0 Å². The van der Waals surface area contributed by atoms with Gasteiger partial charge in [0.15, 0.2) is 9.68 Å². The second-order valence-corrected chi connectivity index (χ2v) is 4.03. The zero-order chi connectivity index (χ0) is 8.11. The molecular formula is C7H6O3S. The number of aliphatic carboxylic acids is 1. The third kappa shape index (κ3) is 0.657. The summed E-state index contributed by atoms with van der Waals surface area (Å²) in [5.74, 6) is -0.981. The van der Waals surface area contributed by atoms with Gasteiger partial charge in [-0.1, -0.05) is 30.0 Å². The van der Waals surface area contributed by atoms with Gasteiger partial charge in [0.25, 0.3) is 0 Å². The van der Waals surface area contributed by atoms with Crippen LogP contribution in [0.25, 0.3) is 0 Å². The first-order valence-electron chi connectivity index (χ1n) is 3.14. The number of carboxylic acids is 1. The zero-order valence-corrected chi connectivity index (χ0v) is 6.34. The summed E-state index contributed by atoms with van der Waals surface area (Å²) in [4.78, 5) is 9.47. The van der Waals surface area contributed by atoms with Crippen molar-refractivity contribution in [1.82, 2.24) is 0 Å². The number of aliphatic hydroxyl groups is 1. The van der Waals surface area contributed by atoms with Crippen LogP contribution in [-0.4, -0.2) is 25.9 Å². The van der Waals surface area contributed by atoms with Crippen molar-refractivity contribution in [1.29, 1.82) is 0 Å². The summed E-state index contributed by atoms with van der Waals surface area (Å²) in [5, 5.41) is 18.3. The molecule has 2 unspecified atom stereocenters. The molecule has 0 aromatic carbocycles. The molecule has 3 nitrogen and oxygen atoms in total. The summed E-state index contributed by atoms with van der Waals surface area (Å²) in [6.45, 7) is 0. The van der Waals surface area contributed by atoms with Gasteiger partial charge in [-0.05, 0) is 6.08 Å². The van der Waals surface area contributed by atoms with Gasteiger partial charge < -0.3 is 10.2 Å². The van der Waals surface area contributed by atoms with E-state index in [0.717, 1.165) is 11.8 Å². The van der Waals surface area contributed by atoms with Crippen molar-refractivity contribution >= 4 is 17.7 Å². The van der Waals surface area contributed by atoms with Gasteiger partial charge >= 0.3 is 5.97 Å². The van der Waals surface area contributed by atoms with Gasteiger partial charge in [0.2, 0.25) is 0 Å². The number of carboxylic acid groups (broad SMARTS) is 1. The molecule has 0 spiro atoms. The molecule has 2 aliphatic rings. The van der Waals surface area contributed by atoms with Gasteiger partial charge in [-0.15, -0.1) is 0 Å². The number of allylic oxidation sites excluding steroid dienone is 2. The first kappa shape index (κ1) is 6.94. The number of hydrogen-bond donors (Lipinski definition) is 2. The highest BCUT2D eigenvalue weighted by atomic mass is 32.2. The molecule has 2 atom stereocenters. The summed E-state index contributed by atoms with van der Waals surface area (Å²) in [6.07, 6.45) is 6.32. The van der Waals surface area contributed by atoms with Crippen molar-refractivity contribution in [2.24, 2.45) is 0 Å². The van der Waals surface area contributed by atoms with Gasteiger partial charge in [-0.25, -0.2) is 0 Å². The Morgan fingerprint density at radius 1 is 1.36 bits per heavy atom. The SMILES string of the molecule is O=C(O)C12C=CC=CC1(O)S2. The van der Waals surface area contributed by atoms with E-state index >= 15 is 0 Å². The van der Waals surface area contributed by atoms with Crippen molar-refractivity contribution in [3.63, 3.8) is 0 Å². The van der Waals surface area contributed by atoms with Crippen LogP contribution in [0.5, 0.6) is 0 Å². The Morgan fingerprint density at radius 2 is 2.00 bits per heavy atom. The molecule has 0 aromatic rings. The molecule has 1 aliphatic heterocycles. The minimum Gasteiger partial charge on any atom is -0.480 e. The largest absolute Gasteiger partial charge is 0.480 e. The molecule has 1 aliphatic carbocycles. The maximum absolute atomic E-state index is 10.7. The summed E-state index contributed by atoms with van der Waals surface area (Å²) < 4.78 is -1.10. The Labute approximate surface area is 67.4 Å². The summed E-state index contributed by atoms with van der Waals surface area (Å²) in [6, 6.07) is 0. The van der Waals surface area contributed by atoms with E-state index in [1.165, 1.54) is 12.2 Å². The second-order valence-electron chi connectivity index (χ2n) is 2.56. The fourth-order valence-corrected chi connectivity index (χ4v) is 2.22. The van der Waals surface area contributed by atoms with E-state index in [2.05, 4.69) is 0 Å². The fraction of sp³-hybridized carbons (Fsp3) is 0.286. The molecule has 0 radical (unpaired) electrons. The predicted octanol–water partition coefficient (Wildman–Crippen LogP) is 0.371. The van der Waals surface area contributed by atoms with Crippen LogP contribution in [0.4, 0.5) is 0 Å². The molecule has 11 heavy (non-hydrogen) atoms. The Kier molecular flexibility index (Phi) is 1.07. The Morgan fingerprint density at radius 3 is 2.45 bits per heavy atom. The van der Waals surface area contributed by atoms with Crippen molar-refractivity contribution < 1.29 is 15.0 Å². The van der Waals surface area contributed by atoms with E-state index in [1.54, 1.807) is 12.2 Å². The monoisotopic (exact) mass is 170 g/mol. The molecule has 0 aromatic heterocycles. The van der Waals surface area contributed by atoms with E-state index < -0.39 is 15.6 Å². The highest BCUT2D eigenvalue weighted by Crippen LogP contribution is 2.65. The van der Waals surface area contributed by atoms with Crippen LogP contribution in [0.2, 0.25) is 0 Å². The molecule has 58 valence electrons. The van der Waals surface area contributed by atoms with E-state index in [0.29, 0.717) is 0 Å². The maximum Gasteiger partial charge on any atom is 0.328 e. The van der Waals surface area contributed by atoms with E-state index in [4.69, 9.17) is 5.11 Å².